The van der Waals surface area contributed by atoms with Crippen LogP contribution in [0.2, 0.25) is 0 Å². The topological polar surface area (TPSA) is 6.48 Å². The standard InChI is InChI=1S/C20H30N2/c1-3-17-9-15(1)11-19(17)13-21-5-7-22(8-6-21)14-20-12-16-2-4-18(20)10-16/h1-4,15-20H,5-14H2. The van der Waals surface area contributed by atoms with E-state index in [-0.39, 0.29) is 0 Å². The Morgan fingerprint density at radius 3 is 1.36 bits per heavy atom. The van der Waals surface area contributed by atoms with Gasteiger partial charge in [-0.25, -0.2) is 0 Å². The highest BCUT2D eigenvalue weighted by Crippen LogP contribution is 2.44. The van der Waals surface area contributed by atoms with Gasteiger partial charge in [-0.05, 0) is 61.2 Å². The number of fused-ring (bicyclic) bond motifs is 4. The maximum atomic E-state index is 2.76. The minimum Gasteiger partial charge on any atom is -0.300 e. The number of piperazine rings is 1. The van der Waals surface area contributed by atoms with Crippen LogP contribution in [0.25, 0.3) is 0 Å². The third-order valence-corrected chi connectivity index (χ3v) is 7.28. The Bertz CT molecular complexity index is 430. The van der Waals surface area contributed by atoms with E-state index in [4.69, 9.17) is 0 Å². The van der Waals surface area contributed by atoms with Gasteiger partial charge in [-0.3, -0.25) is 0 Å². The maximum absolute atomic E-state index is 2.76. The Balaban J connectivity index is 1.09. The molecule has 0 aromatic carbocycles. The van der Waals surface area contributed by atoms with Crippen LogP contribution in [0.4, 0.5) is 0 Å². The second kappa shape index (κ2) is 5.49. The number of hydrogen-bond donors (Lipinski definition) is 0. The molecule has 6 atom stereocenters. The normalized spacial score (nSPS) is 47.1. The Labute approximate surface area is 135 Å². The van der Waals surface area contributed by atoms with Gasteiger partial charge in [0.05, 0.1) is 0 Å². The molecule has 6 unspecified atom stereocenters. The van der Waals surface area contributed by atoms with Gasteiger partial charge in [0.15, 0.2) is 0 Å². The fourth-order valence-electron chi connectivity index (χ4n) is 6.03. The molecule has 1 heterocycles. The van der Waals surface area contributed by atoms with Gasteiger partial charge < -0.3 is 9.80 Å². The number of nitrogens with zero attached hydrogens (tertiary/aromatic N) is 2. The smallest absolute Gasteiger partial charge is 0.0110 e. The van der Waals surface area contributed by atoms with Crippen LogP contribution in [0.3, 0.4) is 0 Å². The highest BCUT2D eigenvalue weighted by molar-refractivity contribution is 5.11. The molecule has 1 saturated heterocycles. The van der Waals surface area contributed by atoms with Gasteiger partial charge in [-0.2, -0.15) is 0 Å². The van der Waals surface area contributed by atoms with Crippen LogP contribution in [0.5, 0.6) is 0 Å². The summed E-state index contributed by atoms with van der Waals surface area (Å²) < 4.78 is 0. The van der Waals surface area contributed by atoms with Crippen molar-refractivity contribution in [3.05, 3.63) is 24.3 Å². The average molecular weight is 298 g/mol. The molecular weight excluding hydrogens is 268 g/mol. The van der Waals surface area contributed by atoms with Crippen LogP contribution in [-0.4, -0.2) is 49.1 Å². The summed E-state index contributed by atoms with van der Waals surface area (Å²) in [6.07, 6.45) is 15.8. The van der Waals surface area contributed by atoms with E-state index < -0.39 is 0 Å². The Morgan fingerprint density at radius 2 is 1.05 bits per heavy atom. The van der Waals surface area contributed by atoms with E-state index in [0.29, 0.717) is 0 Å². The SMILES string of the molecule is C1=CC2CC1CC2CN1CCN(CC2CC3C=CC2C3)CC1. The Morgan fingerprint density at radius 1 is 0.591 bits per heavy atom. The summed E-state index contributed by atoms with van der Waals surface area (Å²) in [4.78, 5) is 5.52. The molecule has 3 fully saturated rings. The quantitative estimate of drug-likeness (QED) is 0.736. The molecule has 0 radical (unpaired) electrons. The lowest BCUT2D eigenvalue weighted by Crippen LogP contribution is -2.49. The van der Waals surface area contributed by atoms with Crippen molar-refractivity contribution in [1.29, 1.82) is 0 Å². The van der Waals surface area contributed by atoms with Crippen molar-refractivity contribution >= 4 is 0 Å². The molecule has 4 aliphatic carbocycles. The zero-order valence-corrected chi connectivity index (χ0v) is 13.7. The molecular formula is C20H30N2. The fourth-order valence-corrected chi connectivity index (χ4v) is 6.03. The van der Waals surface area contributed by atoms with Gasteiger partial charge in [-0.15, -0.1) is 0 Å². The molecule has 120 valence electrons. The number of allylic oxidation sites excluding steroid dienone is 4. The van der Waals surface area contributed by atoms with Crippen molar-refractivity contribution in [3.8, 4) is 0 Å². The van der Waals surface area contributed by atoms with Crippen molar-refractivity contribution in [2.45, 2.75) is 25.7 Å². The summed E-state index contributed by atoms with van der Waals surface area (Å²) in [5.74, 6) is 5.64. The lowest BCUT2D eigenvalue weighted by molar-refractivity contribution is 0.0976. The molecule has 0 N–H and O–H groups in total. The molecule has 5 rings (SSSR count). The molecule has 4 bridgehead atoms. The van der Waals surface area contributed by atoms with E-state index in [9.17, 15) is 0 Å². The fraction of sp³-hybridized carbons (Fsp3) is 0.800. The Hall–Kier alpha value is -0.600. The van der Waals surface area contributed by atoms with Crippen LogP contribution in [-0.2, 0) is 0 Å². The van der Waals surface area contributed by atoms with Crippen molar-refractivity contribution in [2.75, 3.05) is 39.3 Å². The predicted molar refractivity (Wildman–Crippen MR) is 90.6 cm³/mol. The van der Waals surface area contributed by atoms with Crippen molar-refractivity contribution in [3.63, 3.8) is 0 Å². The van der Waals surface area contributed by atoms with Crippen molar-refractivity contribution in [2.24, 2.45) is 35.5 Å². The first-order chi connectivity index (χ1) is 10.8. The first-order valence-electron chi connectivity index (χ1n) is 9.65. The van der Waals surface area contributed by atoms with E-state index in [1.807, 2.05) is 0 Å². The molecule has 0 amide bonds. The minimum atomic E-state index is 0.920. The van der Waals surface area contributed by atoms with E-state index in [2.05, 4.69) is 34.1 Å². The lowest BCUT2D eigenvalue weighted by Gasteiger charge is -2.38. The van der Waals surface area contributed by atoms with Crippen LogP contribution in [0.15, 0.2) is 24.3 Å². The molecule has 2 heteroatoms. The predicted octanol–water partition coefficient (Wildman–Crippen LogP) is 3.03. The Kier molecular flexibility index (Phi) is 3.44. The van der Waals surface area contributed by atoms with Gasteiger partial charge in [0.25, 0.3) is 0 Å². The molecule has 0 aromatic rings. The number of rotatable bonds is 4. The minimum absolute atomic E-state index is 0.920. The van der Waals surface area contributed by atoms with Crippen LogP contribution >= 0.6 is 0 Å². The average Bonchev–Trinajstić information content (AvgIpc) is 3.29. The molecule has 2 saturated carbocycles. The largest absolute Gasteiger partial charge is 0.300 e. The van der Waals surface area contributed by atoms with Gasteiger partial charge >= 0.3 is 0 Å². The summed E-state index contributed by atoms with van der Waals surface area (Å²) in [5, 5.41) is 0. The zero-order valence-electron chi connectivity index (χ0n) is 13.7. The van der Waals surface area contributed by atoms with E-state index in [1.165, 1.54) is 65.0 Å². The van der Waals surface area contributed by atoms with Gasteiger partial charge in [0.1, 0.15) is 0 Å². The highest BCUT2D eigenvalue weighted by Gasteiger charge is 2.38. The summed E-state index contributed by atoms with van der Waals surface area (Å²) in [6.45, 7) is 8.00. The first-order valence-corrected chi connectivity index (χ1v) is 9.65. The maximum Gasteiger partial charge on any atom is 0.0110 e. The molecule has 0 spiro atoms. The molecule has 1 aliphatic heterocycles. The van der Waals surface area contributed by atoms with E-state index in [0.717, 1.165) is 35.5 Å². The second-order valence-corrected chi connectivity index (χ2v) is 8.68. The summed E-state index contributed by atoms with van der Waals surface area (Å²) in [5.41, 5.74) is 0. The molecule has 0 aromatic heterocycles. The summed E-state index contributed by atoms with van der Waals surface area (Å²) in [6, 6.07) is 0. The highest BCUT2D eigenvalue weighted by atomic mass is 15.3. The first kappa shape index (κ1) is 13.8. The second-order valence-electron chi connectivity index (χ2n) is 8.68. The molecule has 5 aliphatic rings. The summed E-state index contributed by atoms with van der Waals surface area (Å²) >= 11 is 0. The molecule has 2 nitrogen and oxygen atoms in total. The summed E-state index contributed by atoms with van der Waals surface area (Å²) in [7, 11) is 0. The van der Waals surface area contributed by atoms with Crippen LogP contribution in [0, 0.1) is 35.5 Å². The van der Waals surface area contributed by atoms with E-state index in [1.54, 1.807) is 0 Å². The molecule has 22 heavy (non-hydrogen) atoms. The van der Waals surface area contributed by atoms with Crippen molar-refractivity contribution in [1.82, 2.24) is 9.80 Å². The number of hydrogen-bond acceptors (Lipinski definition) is 2. The van der Waals surface area contributed by atoms with Gasteiger partial charge in [0.2, 0.25) is 0 Å². The monoisotopic (exact) mass is 298 g/mol. The van der Waals surface area contributed by atoms with Gasteiger partial charge in [0, 0.05) is 39.3 Å². The third-order valence-electron chi connectivity index (χ3n) is 7.28. The van der Waals surface area contributed by atoms with Crippen molar-refractivity contribution < 1.29 is 0 Å². The lowest BCUT2D eigenvalue weighted by atomic mass is 9.92. The van der Waals surface area contributed by atoms with E-state index >= 15 is 0 Å². The third kappa shape index (κ3) is 2.49. The van der Waals surface area contributed by atoms with Crippen LogP contribution < -0.4 is 0 Å². The van der Waals surface area contributed by atoms with Crippen LogP contribution in [0.1, 0.15) is 25.7 Å². The zero-order chi connectivity index (χ0) is 14.5. The van der Waals surface area contributed by atoms with Gasteiger partial charge in [-0.1, -0.05) is 24.3 Å².